The highest BCUT2D eigenvalue weighted by Gasteiger charge is 2.19. The summed E-state index contributed by atoms with van der Waals surface area (Å²) in [5, 5.41) is 0. The SMILES string of the molecule is CC(=O)c1cccc(-c2cncc(N3CCN(c4ccncc4)CC3)n2)c1. The van der Waals surface area contributed by atoms with Gasteiger partial charge in [0.1, 0.15) is 5.82 Å². The average molecular weight is 359 g/mol. The number of hydrogen-bond acceptors (Lipinski definition) is 6. The van der Waals surface area contributed by atoms with Crippen LogP contribution in [-0.4, -0.2) is 46.9 Å². The number of aromatic nitrogens is 3. The molecule has 0 bridgehead atoms. The maximum atomic E-state index is 11.6. The molecular formula is C21H21N5O. The Morgan fingerprint density at radius 1 is 0.926 bits per heavy atom. The predicted molar refractivity (Wildman–Crippen MR) is 106 cm³/mol. The number of hydrogen-bond donors (Lipinski definition) is 0. The van der Waals surface area contributed by atoms with Gasteiger partial charge in [0.2, 0.25) is 0 Å². The number of rotatable bonds is 4. The van der Waals surface area contributed by atoms with Gasteiger partial charge in [0, 0.05) is 55.4 Å². The van der Waals surface area contributed by atoms with Crippen molar-refractivity contribution in [3.8, 4) is 11.3 Å². The average Bonchev–Trinajstić information content (AvgIpc) is 2.75. The summed E-state index contributed by atoms with van der Waals surface area (Å²) >= 11 is 0. The highest BCUT2D eigenvalue weighted by atomic mass is 16.1. The zero-order valence-corrected chi connectivity index (χ0v) is 15.2. The Morgan fingerprint density at radius 2 is 1.67 bits per heavy atom. The molecule has 6 heteroatoms. The van der Waals surface area contributed by atoms with Crippen molar-refractivity contribution in [2.75, 3.05) is 36.0 Å². The van der Waals surface area contributed by atoms with Crippen LogP contribution < -0.4 is 9.80 Å². The summed E-state index contributed by atoms with van der Waals surface area (Å²) in [6, 6.07) is 11.6. The minimum absolute atomic E-state index is 0.0493. The number of nitrogens with zero attached hydrogens (tertiary/aromatic N) is 5. The molecule has 3 heterocycles. The number of carbonyl (C=O) groups excluding carboxylic acids is 1. The van der Waals surface area contributed by atoms with E-state index in [1.54, 1.807) is 19.3 Å². The molecule has 0 N–H and O–H groups in total. The minimum atomic E-state index is 0.0493. The summed E-state index contributed by atoms with van der Waals surface area (Å²) in [7, 11) is 0. The predicted octanol–water partition coefficient (Wildman–Crippen LogP) is 3.07. The Labute approximate surface area is 158 Å². The van der Waals surface area contributed by atoms with E-state index in [0.29, 0.717) is 5.56 Å². The zero-order valence-electron chi connectivity index (χ0n) is 15.2. The van der Waals surface area contributed by atoms with Gasteiger partial charge in [0.25, 0.3) is 0 Å². The van der Waals surface area contributed by atoms with E-state index in [1.807, 2.05) is 48.8 Å². The van der Waals surface area contributed by atoms with E-state index in [1.165, 1.54) is 5.69 Å². The normalized spacial score (nSPS) is 14.3. The number of carbonyl (C=O) groups is 1. The van der Waals surface area contributed by atoms with Gasteiger partial charge >= 0.3 is 0 Å². The first-order chi connectivity index (χ1) is 13.2. The minimum Gasteiger partial charge on any atom is -0.368 e. The summed E-state index contributed by atoms with van der Waals surface area (Å²) in [5.74, 6) is 0.920. The topological polar surface area (TPSA) is 62.2 Å². The highest BCUT2D eigenvalue weighted by molar-refractivity contribution is 5.95. The van der Waals surface area contributed by atoms with Gasteiger partial charge in [-0.3, -0.25) is 14.8 Å². The van der Waals surface area contributed by atoms with Crippen molar-refractivity contribution in [1.82, 2.24) is 15.0 Å². The molecule has 1 saturated heterocycles. The lowest BCUT2D eigenvalue weighted by Crippen LogP contribution is -2.46. The number of Topliss-reactive ketones (excluding diaryl/α,β-unsaturated/α-hetero) is 1. The molecule has 0 saturated carbocycles. The molecule has 2 aromatic heterocycles. The molecule has 136 valence electrons. The molecule has 0 radical (unpaired) electrons. The second-order valence-corrected chi connectivity index (χ2v) is 6.58. The van der Waals surface area contributed by atoms with Crippen LogP contribution in [0.3, 0.4) is 0 Å². The van der Waals surface area contributed by atoms with Gasteiger partial charge < -0.3 is 9.80 Å². The fourth-order valence-electron chi connectivity index (χ4n) is 3.29. The number of benzene rings is 1. The Balaban J connectivity index is 1.50. The highest BCUT2D eigenvalue weighted by Crippen LogP contribution is 2.22. The Hall–Kier alpha value is -3.28. The first-order valence-electron chi connectivity index (χ1n) is 9.04. The van der Waals surface area contributed by atoms with Gasteiger partial charge in [0.05, 0.1) is 18.1 Å². The molecule has 1 fully saturated rings. The number of pyridine rings is 1. The third-order valence-electron chi connectivity index (χ3n) is 4.82. The first kappa shape index (κ1) is 17.1. The second-order valence-electron chi connectivity index (χ2n) is 6.58. The first-order valence-corrected chi connectivity index (χ1v) is 9.04. The molecule has 1 aliphatic heterocycles. The summed E-state index contributed by atoms with van der Waals surface area (Å²) in [6.45, 7) is 5.19. The van der Waals surface area contributed by atoms with Crippen molar-refractivity contribution in [2.24, 2.45) is 0 Å². The van der Waals surface area contributed by atoms with Crippen molar-refractivity contribution in [2.45, 2.75) is 6.92 Å². The molecule has 0 atom stereocenters. The van der Waals surface area contributed by atoms with Crippen LogP contribution in [0.2, 0.25) is 0 Å². The Bertz CT molecular complexity index is 936. The summed E-state index contributed by atoms with van der Waals surface area (Å²) < 4.78 is 0. The summed E-state index contributed by atoms with van der Waals surface area (Å²) in [5.41, 5.74) is 3.58. The van der Waals surface area contributed by atoms with Crippen molar-refractivity contribution in [3.05, 3.63) is 66.7 Å². The lowest BCUT2D eigenvalue weighted by atomic mass is 10.1. The van der Waals surface area contributed by atoms with Crippen molar-refractivity contribution >= 4 is 17.3 Å². The van der Waals surface area contributed by atoms with Crippen LogP contribution in [0.1, 0.15) is 17.3 Å². The molecule has 0 amide bonds. The number of ketones is 1. The van der Waals surface area contributed by atoms with Crippen LogP contribution in [0.4, 0.5) is 11.5 Å². The molecular weight excluding hydrogens is 338 g/mol. The number of piperazine rings is 1. The van der Waals surface area contributed by atoms with E-state index in [4.69, 9.17) is 4.98 Å². The van der Waals surface area contributed by atoms with Crippen LogP contribution in [0.15, 0.2) is 61.2 Å². The monoisotopic (exact) mass is 359 g/mol. The van der Waals surface area contributed by atoms with Gasteiger partial charge in [-0.1, -0.05) is 18.2 Å². The maximum Gasteiger partial charge on any atom is 0.159 e. The molecule has 27 heavy (non-hydrogen) atoms. The molecule has 0 unspecified atom stereocenters. The summed E-state index contributed by atoms with van der Waals surface area (Å²) in [4.78, 5) is 29.5. The molecule has 1 aliphatic rings. The quantitative estimate of drug-likeness (QED) is 0.667. The van der Waals surface area contributed by atoms with Gasteiger partial charge in [-0.2, -0.15) is 0 Å². The van der Waals surface area contributed by atoms with Crippen LogP contribution in [0, 0.1) is 0 Å². The fourth-order valence-corrected chi connectivity index (χ4v) is 3.29. The third kappa shape index (κ3) is 3.79. The fraction of sp³-hybridized carbons (Fsp3) is 0.238. The van der Waals surface area contributed by atoms with Crippen LogP contribution in [0.5, 0.6) is 0 Å². The third-order valence-corrected chi connectivity index (χ3v) is 4.82. The van der Waals surface area contributed by atoms with Gasteiger partial charge in [-0.25, -0.2) is 4.98 Å². The lowest BCUT2D eigenvalue weighted by molar-refractivity contribution is 0.101. The van der Waals surface area contributed by atoms with E-state index in [2.05, 4.69) is 19.8 Å². The molecule has 6 nitrogen and oxygen atoms in total. The van der Waals surface area contributed by atoms with E-state index < -0.39 is 0 Å². The van der Waals surface area contributed by atoms with E-state index >= 15 is 0 Å². The largest absolute Gasteiger partial charge is 0.368 e. The Kier molecular flexibility index (Phi) is 4.78. The standard InChI is InChI=1S/C21H21N5O/c1-16(27)17-3-2-4-18(13-17)20-14-23-15-21(24-20)26-11-9-25(10-12-26)19-5-7-22-8-6-19/h2-8,13-15H,9-12H2,1H3. The van der Waals surface area contributed by atoms with E-state index in [9.17, 15) is 4.79 Å². The lowest BCUT2D eigenvalue weighted by Gasteiger charge is -2.36. The molecule has 3 aromatic rings. The van der Waals surface area contributed by atoms with Gasteiger partial charge in [0.15, 0.2) is 5.78 Å². The Morgan fingerprint density at radius 3 is 2.41 bits per heavy atom. The molecule has 4 rings (SSSR count). The van der Waals surface area contributed by atoms with Crippen molar-refractivity contribution < 1.29 is 4.79 Å². The molecule has 0 spiro atoms. The maximum absolute atomic E-state index is 11.6. The van der Waals surface area contributed by atoms with Crippen LogP contribution in [-0.2, 0) is 0 Å². The summed E-state index contributed by atoms with van der Waals surface area (Å²) in [6.07, 6.45) is 7.20. The van der Waals surface area contributed by atoms with Gasteiger partial charge in [-0.05, 0) is 25.1 Å². The molecule has 1 aromatic carbocycles. The molecule has 0 aliphatic carbocycles. The van der Waals surface area contributed by atoms with E-state index in [-0.39, 0.29) is 5.78 Å². The number of anilines is 2. The smallest absolute Gasteiger partial charge is 0.159 e. The van der Waals surface area contributed by atoms with E-state index in [0.717, 1.165) is 43.3 Å². The van der Waals surface area contributed by atoms with Gasteiger partial charge in [-0.15, -0.1) is 0 Å². The van der Waals surface area contributed by atoms with Crippen LogP contribution in [0.25, 0.3) is 11.3 Å². The second kappa shape index (κ2) is 7.53. The zero-order chi connectivity index (χ0) is 18.6. The van der Waals surface area contributed by atoms with Crippen LogP contribution >= 0.6 is 0 Å². The van der Waals surface area contributed by atoms with Crippen molar-refractivity contribution in [3.63, 3.8) is 0 Å². The van der Waals surface area contributed by atoms with Crippen molar-refractivity contribution in [1.29, 1.82) is 0 Å².